The average Bonchev–Trinajstić information content (AvgIpc) is 2.75. The Labute approximate surface area is 121 Å². The quantitative estimate of drug-likeness (QED) is 0.720. The van der Waals surface area contributed by atoms with Crippen molar-refractivity contribution in [3.8, 4) is 0 Å². The van der Waals surface area contributed by atoms with Gasteiger partial charge in [-0.15, -0.1) is 5.10 Å². The molecule has 0 saturated carbocycles. The molecule has 1 aromatic heterocycles. The maximum absolute atomic E-state index is 4.25. The van der Waals surface area contributed by atoms with E-state index < -0.39 is 0 Å². The van der Waals surface area contributed by atoms with E-state index in [9.17, 15) is 0 Å². The van der Waals surface area contributed by atoms with Crippen molar-refractivity contribution in [2.24, 2.45) is 5.92 Å². The molecule has 1 rings (SSSR count). The van der Waals surface area contributed by atoms with Gasteiger partial charge in [-0.1, -0.05) is 39.1 Å². The summed E-state index contributed by atoms with van der Waals surface area (Å²) in [5, 5.41) is 11.2. The summed E-state index contributed by atoms with van der Waals surface area (Å²) in [5.74, 6) is 0.727. The van der Waals surface area contributed by atoms with E-state index in [1.165, 1.54) is 16.4 Å². The molecule has 0 unspecified atom stereocenters. The summed E-state index contributed by atoms with van der Waals surface area (Å²) in [4.78, 5) is 1.27. The summed E-state index contributed by atoms with van der Waals surface area (Å²) < 4.78 is 4.08. The van der Waals surface area contributed by atoms with E-state index in [0.29, 0.717) is 0 Å². The number of rotatable bonds is 8. The Bertz CT molecular complexity index is 355. The van der Waals surface area contributed by atoms with Gasteiger partial charge in [0.15, 0.2) is 0 Å². The number of hydrogen-bond donors (Lipinski definition) is 2. The van der Waals surface area contributed by atoms with Crippen LogP contribution in [-0.4, -0.2) is 29.2 Å². The Morgan fingerprint density at radius 1 is 1.16 bits per heavy atom. The fraction of sp³-hybridized carbons (Fsp3) is 0.857. The van der Waals surface area contributed by atoms with Gasteiger partial charge in [-0.2, -0.15) is 0 Å². The highest BCUT2D eigenvalue weighted by atomic mass is 32.1. The zero-order valence-corrected chi connectivity index (χ0v) is 13.7. The van der Waals surface area contributed by atoms with E-state index in [2.05, 4.69) is 54.8 Å². The Balaban J connectivity index is 2.18. The summed E-state index contributed by atoms with van der Waals surface area (Å²) in [6.45, 7) is 15.1. The van der Waals surface area contributed by atoms with Crippen molar-refractivity contribution in [1.29, 1.82) is 0 Å². The fourth-order valence-corrected chi connectivity index (χ4v) is 2.65. The molecule has 0 atom stereocenters. The Hall–Kier alpha value is -0.520. The highest BCUT2D eigenvalue weighted by molar-refractivity contribution is 7.05. The second-order valence-corrected chi connectivity index (χ2v) is 7.26. The van der Waals surface area contributed by atoms with Crippen LogP contribution < -0.4 is 10.6 Å². The van der Waals surface area contributed by atoms with Gasteiger partial charge in [0.2, 0.25) is 0 Å². The first-order valence-corrected chi connectivity index (χ1v) is 7.91. The topological polar surface area (TPSA) is 49.8 Å². The molecule has 0 spiro atoms. The van der Waals surface area contributed by atoms with Crippen molar-refractivity contribution in [3.63, 3.8) is 0 Å². The Kier molecular flexibility index (Phi) is 6.89. The summed E-state index contributed by atoms with van der Waals surface area (Å²) in [6, 6.07) is 0. The predicted molar refractivity (Wildman–Crippen MR) is 82.6 cm³/mol. The van der Waals surface area contributed by atoms with Crippen molar-refractivity contribution >= 4 is 11.5 Å². The Morgan fingerprint density at radius 2 is 1.84 bits per heavy atom. The summed E-state index contributed by atoms with van der Waals surface area (Å²) in [6.07, 6.45) is 1.16. The van der Waals surface area contributed by atoms with Crippen LogP contribution in [0.1, 0.15) is 51.6 Å². The van der Waals surface area contributed by atoms with Crippen molar-refractivity contribution in [1.82, 2.24) is 20.2 Å². The highest BCUT2D eigenvalue weighted by Gasteiger charge is 2.21. The van der Waals surface area contributed by atoms with Crippen LogP contribution >= 0.6 is 11.5 Å². The molecule has 0 bridgehead atoms. The molecular weight excluding hydrogens is 256 g/mol. The molecule has 0 saturated heterocycles. The molecule has 1 heterocycles. The molecule has 5 heteroatoms. The zero-order valence-electron chi connectivity index (χ0n) is 12.9. The number of nitrogens with zero attached hydrogens (tertiary/aromatic N) is 2. The molecule has 1 aromatic rings. The number of hydrogen-bond acceptors (Lipinski definition) is 5. The van der Waals surface area contributed by atoms with Gasteiger partial charge in [0.05, 0.1) is 10.6 Å². The summed E-state index contributed by atoms with van der Waals surface area (Å²) >= 11 is 1.51. The third-order valence-corrected chi connectivity index (χ3v) is 3.53. The smallest absolute Gasteiger partial charge is 0.0854 e. The third kappa shape index (κ3) is 6.45. The van der Waals surface area contributed by atoms with E-state index in [0.717, 1.165) is 44.2 Å². The van der Waals surface area contributed by atoms with Gasteiger partial charge in [0.25, 0.3) is 0 Å². The maximum Gasteiger partial charge on any atom is 0.0854 e. The molecule has 0 aliphatic carbocycles. The molecule has 0 fully saturated rings. The minimum Gasteiger partial charge on any atom is -0.316 e. The lowest BCUT2D eigenvalue weighted by atomic mass is 9.91. The first-order valence-electron chi connectivity index (χ1n) is 7.14. The molecule has 0 amide bonds. The zero-order chi connectivity index (χ0) is 14.3. The van der Waals surface area contributed by atoms with Crippen LogP contribution in [-0.2, 0) is 12.0 Å². The van der Waals surface area contributed by atoms with Gasteiger partial charge in [-0.3, -0.25) is 0 Å². The monoisotopic (exact) mass is 284 g/mol. The van der Waals surface area contributed by atoms with Gasteiger partial charge < -0.3 is 10.6 Å². The highest BCUT2D eigenvalue weighted by Crippen LogP contribution is 2.25. The molecule has 110 valence electrons. The molecule has 0 aliphatic heterocycles. The van der Waals surface area contributed by atoms with Crippen molar-refractivity contribution in [2.75, 3.05) is 19.6 Å². The molecule has 0 radical (unpaired) electrons. The van der Waals surface area contributed by atoms with Crippen LogP contribution in [0.5, 0.6) is 0 Å². The van der Waals surface area contributed by atoms with E-state index in [-0.39, 0.29) is 5.41 Å². The van der Waals surface area contributed by atoms with Crippen LogP contribution in [0.15, 0.2) is 0 Å². The van der Waals surface area contributed by atoms with Crippen molar-refractivity contribution in [3.05, 3.63) is 10.6 Å². The lowest BCUT2D eigenvalue weighted by molar-refractivity contribution is 0.526. The van der Waals surface area contributed by atoms with Crippen molar-refractivity contribution < 1.29 is 0 Å². The summed E-state index contributed by atoms with van der Waals surface area (Å²) in [5.41, 5.74) is 1.21. The van der Waals surface area contributed by atoms with Gasteiger partial charge in [-0.05, 0) is 43.5 Å². The molecule has 2 N–H and O–H groups in total. The first-order chi connectivity index (χ1) is 8.91. The van der Waals surface area contributed by atoms with Gasteiger partial charge in [0, 0.05) is 12.0 Å². The lowest BCUT2D eigenvalue weighted by Gasteiger charge is -2.16. The van der Waals surface area contributed by atoms with E-state index >= 15 is 0 Å². The van der Waals surface area contributed by atoms with Gasteiger partial charge in [0.1, 0.15) is 0 Å². The van der Waals surface area contributed by atoms with Crippen LogP contribution in [0.25, 0.3) is 0 Å². The first kappa shape index (κ1) is 16.5. The summed E-state index contributed by atoms with van der Waals surface area (Å²) in [7, 11) is 0. The van der Waals surface area contributed by atoms with Crippen LogP contribution in [0.3, 0.4) is 0 Å². The maximum atomic E-state index is 4.25. The van der Waals surface area contributed by atoms with E-state index in [1.807, 2.05) is 0 Å². The standard InChI is InChI=1S/C14H28N4S/c1-11(2)9-15-7-6-8-16-10-12-13(14(3,4)5)17-18-19-12/h11,15-16H,6-10H2,1-5H3. The van der Waals surface area contributed by atoms with Gasteiger partial charge in [-0.25, -0.2) is 0 Å². The molecule has 0 aromatic carbocycles. The average molecular weight is 284 g/mol. The Morgan fingerprint density at radius 3 is 2.47 bits per heavy atom. The number of nitrogens with one attached hydrogen (secondary N) is 2. The molecule has 4 nitrogen and oxygen atoms in total. The van der Waals surface area contributed by atoms with E-state index in [4.69, 9.17) is 0 Å². The van der Waals surface area contributed by atoms with E-state index in [1.54, 1.807) is 0 Å². The largest absolute Gasteiger partial charge is 0.316 e. The molecular formula is C14H28N4S. The fourth-order valence-electron chi connectivity index (χ4n) is 1.82. The SMILES string of the molecule is CC(C)CNCCCNCc1snnc1C(C)(C)C. The van der Waals surface area contributed by atoms with Crippen LogP contribution in [0.2, 0.25) is 0 Å². The predicted octanol–water partition coefficient (Wildman–Crippen LogP) is 2.56. The van der Waals surface area contributed by atoms with Crippen LogP contribution in [0, 0.1) is 5.92 Å². The third-order valence-electron chi connectivity index (χ3n) is 2.81. The molecule has 19 heavy (non-hydrogen) atoms. The lowest BCUT2D eigenvalue weighted by Crippen LogP contribution is -2.25. The van der Waals surface area contributed by atoms with Crippen molar-refractivity contribution in [2.45, 2.75) is 53.0 Å². The van der Waals surface area contributed by atoms with Crippen LogP contribution in [0.4, 0.5) is 0 Å². The second kappa shape index (κ2) is 7.92. The second-order valence-electron chi connectivity index (χ2n) is 6.42. The normalized spacial score (nSPS) is 12.3. The molecule has 0 aliphatic rings. The minimum absolute atomic E-state index is 0.0861. The minimum atomic E-state index is 0.0861. The number of aromatic nitrogens is 2. The van der Waals surface area contributed by atoms with Gasteiger partial charge >= 0.3 is 0 Å².